The van der Waals surface area contributed by atoms with Crippen molar-refractivity contribution < 1.29 is 0 Å². The van der Waals surface area contributed by atoms with E-state index in [0.717, 1.165) is 18.4 Å². The quantitative estimate of drug-likeness (QED) is 0.688. The molecule has 0 aliphatic heterocycles. The van der Waals surface area contributed by atoms with Crippen molar-refractivity contribution in [2.75, 3.05) is 12.3 Å². The van der Waals surface area contributed by atoms with E-state index in [4.69, 9.17) is 0 Å². The van der Waals surface area contributed by atoms with Crippen molar-refractivity contribution in [2.45, 2.75) is 63.8 Å². The second-order valence-electron chi connectivity index (χ2n) is 6.40. The Bertz CT molecular complexity index is 401. The van der Waals surface area contributed by atoms with E-state index < -0.39 is 0 Å². The van der Waals surface area contributed by atoms with Crippen molar-refractivity contribution in [1.29, 1.82) is 0 Å². The van der Waals surface area contributed by atoms with Crippen LogP contribution in [0.25, 0.3) is 0 Å². The largest absolute Gasteiger partial charge is 0.313 e. The summed E-state index contributed by atoms with van der Waals surface area (Å²) in [6.07, 6.45) is 7.09. The van der Waals surface area contributed by atoms with E-state index in [-0.39, 0.29) is 0 Å². The van der Waals surface area contributed by atoms with Gasteiger partial charge in [-0.2, -0.15) is 0 Å². The molecular formula is C19H31NS. The second kappa shape index (κ2) is 8.85. The van der Waals surface area contributed by atoms with Crippen LogP contribution < -0.4 is 5.32 Å². The lowest BCUT2D eigenvalue weighted by Crippen LogP contribution is -2.42. The molecule has 2 rings (SSSR count). The predicted octanol–water partition coefficient (Wildman–Crippen LogP) is 5.28. The first kappa shape index (κ1) is 16.9. The molecule has 0 spiro atoms. The molecule has 0 radical (unpaired) electrons. The van der Waals surface area contributed by atoms with E-state index in [1.54, 1.807) is 0 Å². The first-order valence-corrected chi connectivity index (χ1v) is 9.66. The Hall–Kier alpha value is -0.470. The minimum absolute atomic E-state index is 0.673. The maximum Gasteiger partial charge on any atom is 0.0192 e. The highest BCUT2D eigenvalue weighted by Crippen LogP contribution is 2.36. The average molecular weight is 306 g/mol. The van der Waals surface area contributed by atoms with Gasteiger partial charge in [-0.05, 0) is 43.9 Å². The van der Waals surface area contributed by atoms with Crippen LogP contribution in [0.1, 0.15) is 51.5 Å². The fraction of sp³-hybridized carbons (Fsp3) is 0.684. The summed E-state index contributed by atoms with van der Waals surface area (Å²) in [6.45, 7) is 7.86. The summed E-state index contributed by atoms with van der Waals surface area (Å²) in [6, 6.07) is 9.65. The van der Waals surface area contributed by atoms with E-state index in [2.05, 4.69) is 50.4 Å². The molecule has 0 saturated heterocycles. The highest BCUT2D eigenvalue weighted by Gasteiger charge is 2.30. The van der Waals surface area contributed by atoms with Crippen LogP contribution in [-0.4, -0.2) is 18.3 Å². The first-order chi connectivity index (χ1) is 10.2. The van der Waals surface area contributed by atoms with E-state index in [1.807, 2.05) is 11.8 Å². The summed E-state index contributed by atoms with van der Waals surface area (Å²) in [5, 5.41) is 3.78. The Morgan fingerprint density at radius 1 is 1.14 bits per heavy atom. The minimum atomic E-state index is 0.673. The normalized spacial score (nSPS) is 24.0. The minimum Gasteiger partial charge on any atom is -0.313 e. The van der Waals surface area contributed by atoms with Crippen LogP contribution in [0.5, 0.6) is 0 Å². The smallest absolute Gasteiger partial charge is 0.0192 e. The molecular weight excluding hydrogens is 274 g/mol. The van der Waals surface area contributed by atoms with Gasteiger partial charge in [0.05, 0.1) is 0 Å². The molecule has 3 unspecified atom stereocenters. The van der Waals surface area contributed by atoms with Crippen LogP contribution in [-0.2, 0) is 0 Å². The van der Waals surface area contributed by atoms with Gasteiger partial charge in [0, 0.05) is 16.7 Å². The van der Waals surface area contributed by atoms with E-state index in [1.165, 1.54) is 48.3 Å². The average Bonchev–Trinajstić information content (AvgIpc) is 2.53. The Balaban J connectivity index is 1.95. The lowest BCUT2D eigenvalue weighted by Gasteiger charge is -2.37. The van der Waals surface area contributed by atoms with Gasteiger partial charge in [0.15, 0.2) is 0 Å². The number of hydrogen-bond donors (Lipinski definition) is 1. The van der Waals surface area contributed by atoms with Crippen molar-refractivity contribution in [3.63, 3.8) is 0 Å². The molecule has 3 atom stereocenters. The predicted molar refractivity (Wildman–Crippen MR) is 95.1 cm³/mol. The van der Waals surface area contributed by atoms with Crippen LogP contribution in [0, 0.1) is 18.8 Å². The van der Waals surface area contributed by atoms with Crippen LogP contribution in [0.4, 0.5) is 0 Å². The van der Waals surface area contributed by atoms with Crippen LogP contribution in [0.2, 0.25) is 0 Å². The van der Waals surface area contributed by atoms with Gasteiger partial charge in [-0.1, -0.05) is 57.2 Å². The topological polar surface area (TPSA) is 12.0 Å². The van der Waals surface area contributed by atoms with Gasteiger partial charge < -0.3 is 5.32 Å². The molecule has 1 aliphatic rings. The van der Waals surface area contributed by atoms with Gasteiger partial charge in [0.25, 0.3) is 0 Å². The van der Waals surface area contributed by atoms with E-state index in [0.29, 0.717) is 6.04 Å². The van der Waals surface area contributed by atoms with Gasteiger partial charge in [-0.3, -0.25) is 0 Å². The van der Waals surface area contributed by atoms with Gasteiger partial charge in [-0.15, -0.1) is 11.8 Å². The standard InChI is InChI=1S/C19H31NS/c1-4-16-8-6-7-9-18(16)19(20-5-2)14-21-17-12-10-15(3)11-13-17/h10-13,16,18-20H,4-9,14H2,1-3H3. The molecule has 1 N–H and O–H groups in total. The number of aryl methyl sites for hydroxylation is 1. The number of benzene rings is 1. The molecule has 0 heterocycles. The number of rotatable bonds is 7. The number of hydrogen-bond acceptors (Lipinski definition) is 2. The molecule has 0 amide bonds. The summed E-state index contributed by atoms with van der Waals surface area (Å²) in [7, 11) is 0. The molecule has 2 heteroatoms. The second-order valence-corrected chi connectivity index (χ2v) is 7.50. The van der Waals surface area contributed by atoms with Gasteiger partial charge >= 0.3 is 0 Å². The van der Waals surface area contributed by atoms with E-state index >= 15 is 0 Å². The zero-order valence-electron chi connectivity index (χ0n) is 13.9. The molecule has 1 aromatic carbocycles. The highest BCUT2D eigenvalue weighted by molar-refractivity contribution is 7.99. The summed E-state index contributed by atoms with van der Waals surface area (Å²) in [4.78, 5) is 1.41. The van der Waals surface area contributed by atoms with Crippen molar-refractivity contribution in [2.24, 2.45) is 11.8 Å². The lowest BCUT2D eigenvalue weighted by atomic mass is 9.74. The Kier molecular flexibility index (Phi) is 7.12. The van der Waals surface area contributed by atoms with Gasteiger partial charge in [-0.25, -0.2) is 0 Å². The maximum atomic E-state index is 3.78. The molecule has 0 bridgehead atoms. The zero-order valence-corrected chi connectivity index (χ0v) is 14.7. The van der Waals surface area contributed by atoms with Crippen LogP contribution in [0.15, 0.2) is 29.2 Å². The van der Waals surface area contributed by atoms with Crippen molar-refractivity contribution in [3.8, 4) is 0 Å². The fourth-order valence-electron chi connectivity index (χ4n) is 3.69. The van der Waals surface area contributed by atoms with Crippen molar-refractivity contribution >= 4 is 11.8 Å². The monoisotopic (exact) mass is 305 g/mol. The third-order valence-electron chi connectivity index (χ3n) is 4.93. The molecule has 21 heavy (non-hydrogen) atoms. The molecule has 1 saturated carbocycles. The summed E-state index contributed by atoms with van der Waals surface area (Å²) < 4.78 is 0. The third kappa shape index (κ3) is 5.03. The Morgan fingerprint density at radius 3 is 2.52 bits per heavy atom. The Morgan fingerprint density at radius 2 is 1.86 bits per heavy atom. The number of thioether (sulfide) groups is 1. The summed E-state index contributed by atoms with van der Waals surface area (Å²) >= 11 is 2.02. The maximum absolute atomic E-state index is 3.78. The number of nitrogens with one attached hydrogen (secondary N) is 1. The SMILES string of the molecule is CCNC(CSc1ccc(C)cc1)C1CCCCC1CC. The van der Waals surface area contributed by atoms with Crippen LogP contribution >= 0.6 is 11.8 Å². The third-order valence-corrected chi connectivity index (χ3v) is 6.06. The molecule has 1 fully saturated rings. The van der Waals surface area contributed by atoms with Crippen molar-refractivity contribution in [1.82, 2.24) is 5.32 Å². The first-order valence-electron chi connectivity index (χ1n) is 8.67. The Labute approximate surface area is 135 Å². The summed E-state index contributed by atoms with van der Waals surface area (Å²) in [5.41, 5.74) is 1.35. The highest BCUT2D eigenvalue weighted by atomic mass is 32.2. The molecule has 0 aromatic heterocycles. The van der Waals surface area contributed by atoms with Crippen molar-refractivity contribution in [3.05, 3.63) is 29.8 Å². The van der Waals surface area contributed by atoms with Gasteiger partial charge in [0.1, 0.15) is 0 Å². The zero-order chi connectivity index (χ0) is 15.1. The molecule has 1 nitrogen and oxygen atoms in total. The molecule has 1 aromatic rings. The fourth-order valence-corrected chi connectivity index (χ4v) is 4.76. The summed E-state index contributed by atoms with van der Waals surface area (Å²) in [5.74, 6) is 3.01. The van der Waals surface area contributed by atoms with Crippen LogP contribution in [0.3, 0.4) is 0 Å². The van der Waals surface area contributed by atoms with Gasteiger partial charge in [0.2, 0.25) is 0 Å². The molecule has 118 valence electrons. The molecule has 1 aliphatic carbocycles. The lowest BCUT2D eigenvalue weighted by molar-refractivity contribution is 0.186. The van der Waals surface area contributed by atoms with E-state index in [9.17, 15) is 0 Å².